The Hall–Kier alpha value is -1.15. The molecule has 1 aliphatic heterocycles. The first-order valence-electron chi connectivity index (χ1n) is 6.17. The summed E-state index contributed by atoms with van der Waals surface area (Å²) >= 11 is 0. The van der Waals surface area contributed by atoms with Crippen LogP contribution in [0, 0.1) is 5.92 Å². The van der Waals surface area contributed by atoms with E-state index in [0.29, 0.717) is 6.54 Å². The van der Waals surface area contributed by atoms with Gasteiger partial charge in [-0.15, -0.1) is 0 Å². The van der Waals surface area contributed by atoms with Crippen molar-refractivity contribution in [2.24, 2.45) is 5.92 Å². The molecule has 110 valence electrons. The number of carbonyl (C=O) groups excluding carboxylic acids is 1. The predicted molar refractivity (Wildman–Crippen MR) is 69.5 cm³/mol. The fourth-order valence-corrected chi connectivity index (χ4v) is 3.41. The van der Waals surface area contributed by atoms with Gasteiger partial charge in [0.15, 0.2) is 9.84 Å². The smallest absolute Gasteiger partial charge is 0.326 e. The Kier molecular flexibility index (Phi) is 5.30. The summed E-state index contributed by atoms with van der Waals surface area (Å²) in [7, 11) is -3.10. The van der Waals surface area contributed by atoms with Gasteiger partial charge >= 0.3 is 5.97 Å². The zero-order chi connectivity index (χ0) is 14.6. The van der Waals surface area contributed by atoms with E-state index in [2.05, 4.69) is 10.6 Å². The highest BCUT2D eigenvalue weighted by Crippen LogP contribution is 2.07. The third-order valence-corrected chi connectivity index (χ3v) is 4.72. The summed E-state index contributed by atoms with van der Waals surface area (Å²) in [5.41, 5.74) is 0. The van der Waals surface area contributed by atoms with Gasteiger partial charge in [0.1, 0.15) is 6.04 Å². The van der Waals surface area contributed by atoms with E-state index in [1.807, 2.05) is 0 Å². The largest absolute Gasteiger partial charge is 0.480 e. The molecule has 0 aromatic heterocycles. The molecule has 1 fully saturated rings. The minimum absolute atomic E-state index is 0.0320. The SMILES string of the molecule is CC(C)[C@H](NC(=O)CC1CS(=O)(=O)CCN1)C(=O)O. The molecule has 1 heterocycles. The van der Waals surface area contributed by atoms with Gasteiger partial charge < -0.3 is 15.7 Å². The summed E-state index contributed by atoms with van der Waals surface area (Å²) in [5.74, 6) is -1.78. The van der Waals surface area contributed by atoms with Crippen molar-refractivity contribution in [2.45, 2.75) is 32.4 Å². The minimum atomic E-state index is -3.10. The standard InChI is InChI=1S/C11H20N2O5S/c1-7(2)10(11(15)16)13-9(14)5-8-6-19(17,18)4-3-12-8/h7-8,10,12H,3-6H2,1-2H3,(H,13,14)(H,15,16)/t8?,10-/m0/s1. The number of amides is 1. The molecule has 1 saturated heterocycles. The molecule has 0 spiro atoms. The number of carboxylic acid groups (broad SMARTS) is 1. The summed E-state index contributed by atoms with van der Waals surface area (Å²) in [4.78, 5) is 22.7. The molecule has 19 heavy (non-hydrogen) atoms. The van der Waals surface area contributed by atoms with Crippen molar-refractivity contribution >= 4 is 21.7 Å². The number of sulfone groups is 1. The van der Waals surface area contributed by atoms with Crippen LogP contribution in [0.15, 0.2) is 0 Å². The van der Waals surface area contributed by atoms with E-state index < -0.39 is 33.8 Å². The van der Waals surface area contributed by atoms with Crippen molar-refractivity contribution in [1.29, 1.82) is 0 Å². The Morgan fingerprint density at radius 2 is 2.05 bits per heavy atom. The molecule has 2 atom stereocenters. The molecular weight excluding hydrogens is 272 g/mol. The van der Waals surface area contributed by atoms with Crippen LogP contribution in [0.5, 0.6) is 0 Å². The number of carbonyl (C=O) groups is 2. The van der Waals surface area contributed by atoms with Crippen molar-refractivity contribution in [2.75, 3.05) is 18.1 Å². The first-order valence-corrected chi connectivity index (χ1v) is 7.99. The highest BCUT2D eigenvalue weighted by atomic mass is 32.2. The lowest BCUT2D eigenvalue weighted by atomic mass is 10.0. The average molecular weight is 292 g/mol. The minimum Gasteiger partial charge on any atom is -0.480 e. The lowest BCUT2D eigenvalue weighted by Crippen LogP contribution is -2.50. The van der Waals surface area contributed by atoms with Crippen molar-refractivity contribution < 1.29 is 23.1 Å². The lowest BCUT2D eigenvalue weighted by Gasteiger charge is -2.24. The maximum atomic E-state index is 11.7. The van der Waals surface area contributed by atoms with E-state index in [9.17, 15) is 18.0 Å². The molecule has 1 unspecified atom stereocenters. The Morgan fingerprint density at radius 3 is 2.53 bits per heavy atom. The molecule has 8 heteroatoms. The number of hydrogen-bond donors (Lipinski definition) is 3. The summed E-state index contributed by atoms with van der Waals surface area (Å²) in [6.07, 6.45) is -0.0320. The monoisotopic (exact) mass is 292 g/mol. The second kappa shape index (κ2) is 6.33. The molecule has 0 aromatic rings. The Bertz CT molecular complexity index is 446. The number of rotatable bonds is 5. The zero-order valence-corrected chi connectivity index (χ0v) is 11.9. The van der Waals surface area contributed by atoms with Crippen LogP contribution in [0.2, 0.25) is 0 Å². The van der Waals surface area contributed by atoms with Crippen molar-refractivity contribution in [3.63, 3.8) is 0 Å². The number of carboxylic acids is 1. The fraction of sp³-hybridized carbons (Fsp3) is 0.818. The van der Waals surface area contributed by atoms with E-state index in [-0.39, 0.29) is 23.8 Å². The summed E-state index contributed by atoms with van der Waals surface area (Å²) in [6.45, 7) is 3.72. The second-order valence-electron chi connectivity index (χ2n) is 5.10. The fourth-order valence-electron chi connectivity index (χ4n) is 1.97. The summed E-state index contributed by atoms with van der Waals surface area (Å²) in [5, 5.41) is 14.3. The van der Waals surface area contributed by atoms with Crippen LogP contribution >= 0.6 is 0 Å². The number of nitrogens with one attached hydrogen (secondary N) is 2. The molecule has 3 N–H and O–H groups in total. The van der Waals surface area contributed by atoms with E-state index in [1.165, 1.54) is 0 Å². The molecule has 1 amide bonds. The van der Waals surface area contributed by atoms with Crippen LogP contribution in [0.3, 0.4) is 0 Å². The van der Waals surface area contributed by atoms with Crippen molar-refractivity contribution in [3.05, 3.63) is 0 Å². The topological polar surface area (TPSA) is 113 Å². The van der Waals surface area contributed by atoms with E-state index in [4.69, 9.17) is 5.11 Å². The molecule has 7 nitrogen and oxygen atoms in total. The maximum Gasteiger partial charge on any atom is 0.326 e. The van der Waals surface area contributed by atoms with Crippen LogP contribution < -0.4 is 10.6 Å². The summed E-state index contributed by atoms with van der Waals surface area (Å²) in [6, 6.07) is -1.40. The van der Waals surface area contributed by atoms with Gasteiger partial charge in [0.25, 0.3) is 0 Å². The number of aliphatic carboxylic acids is 1. The molecule has 0 aliphatic carbocycles. The Morgan fingerprint density at radius 1 is 1.42 bits per heavy atom. The van der Waals surface area contributed by atoms with Gasteiger partial charge in [0, 0.05) is 19.0 Å². The first-order chi connectivity index (χ1) is 8.71. The predicted octanol–water partition coefficient (Wildman–Crippen LogP) is -1.01. The van der Waals surface area contributed by atoms with Gasteiger partial charge in [-0.05, 0) is 5.92 Å². The maximum absolute atomic E-state index is 11.7. The van der Waals surface area contributed by atoms with Gasteiger partial charge in [0.2, 0.25) is 5.91 Å². The molecule has 0 aromatic carbocycles. The number of hydrogen-bond acceptors (Lipinski definition) is 5. The van der Waals surface area contributed by atoms with Crippen LogP contribution in [-0.4, -0.2) is 55.5 Å². The molecule has 1 rings (SSSR count). The summed E-state index contributed by atoms with van der Waals surface area (Å²) < 4.78 is 22.8. The van der Waals surface area contributed by atoms with Gasteiger partial charge in [0.05, 0.1) is 11.5 Å². The average Bonchev–Trinajstić information content (AvgIpc) is 2.23. The second-order valence-corrected chi connectivity index (χ2v) is 7.33. The third kappa shape index (κ3) is 5.15. The van der Waals surface area contributed by atoms with Gasteiger partial charge in [-0.2, -0.15) is 0 Å². The Labute approximate surface area is 112 Å². The van der Waals surface area contributed by atoms with E-state index in [0.717, 1.165) is 0 Å². The van der Waals surface area contributed by atoms with Crippen LogP contribution in [0.4, 0.5) is 0 Å². The highest BCUT2D eigenvalue weighted by molar-refractivity contribution is 7.91. The van der Waals surface area contributed by atoms with Gasteiger partial charge in [-0.3, -0.25) is 4.79 Å². The van der Waals surface area contributed by atoms with Crippen molar-refractivity contribution in [1.82, 2.24) is 10.6 Å². The van der Waals surface area contributed by atoms with Crippen LogP contribution in [-0.2, 0) is 19.4 Å². The van der Waals surface area contributed by atoms with Gasteiger partial charge in [-0.1, -0.05) is 13.8 Å². The Balaban J connectivity index is 2.53. The molecule has 0 saturated carbocycles. The first kappa shape index (κ1) is 15.9. The molecular formula is C11H20N2O5S. The normalized spacial score (nSPS) is 23.8. The quantitative estimate of drug-likeness (QED) is 0.598. The van der Waals surface area contributed by atoms with E-state index in [1.54, 1.807) is 13.8 Å². The lowest BCUT2D eigenvalue weighted by molar-refractivity contribution is -0.143. The van der Waals surface area contributed by atoms with E-state index >= 15 is 0 Å². The third-order valence-electron chi connectivity index (χ3n) is 2.98. The molecule has 1 aliphatic rings. The van der Waals surface area contributed by atoms with Crippen molar-refractivity contribution in [3.8, 4) is 0 Å². The van der Waals surface area contributed by atoms with Crippen LogP contribution in [0.1, 0.15) is 20.3 Å². The van der Waals surface area contributed by atoms with Gasteiger partial charge in [-0.25, -0.2) is 13.2 Å². The highest BCUT2D eigenvalue weighted by Gasteiger charge is 2.28. The zero-order valence-electron chi connectivity index (χ0n) is 11.0. The van der Waals surface area contributed by atoms with Crippen LogP contribution in [0.25, 0.3) is 0 Å². The molecule has 0 bridgehead atoms. The molecule has 0 radical (unpaired) electrons.